The summed E-state index contributed by atoms with van der Waals surface area (Å²) in [7, 11) is 0. The van der Waals surface area contributed by atoms with Crippen molar-refractivity contribution in [2.75, 3.05) is 0 Å². The van der Waals surface area contributed by atoms with Crippen molar-refractivity contribution in [1.82, 2.24) is 40.1 Å². The molecule has 0 aliphatic heterocycles. The minimum absolute atomic E-state index is 0.105. The Hall–Kier alpha value is -2.03. The molecule has 4 rings (SSSR count). The van der Waals surface area contributed by atoms with E-state index in [0.717, 1.165) is 29.2 Å². The Balaban J connectivity index is 1.59. The van der Waals surface area contributed by atoms with E-state index in [9.17, 15) is 0 Å². The first-order valence-corrected chi connectivity index (χ1v) is 8.79. The van der Waals surface area contributed by atoms with Gasteiger partial charge in [0.15, 0.2) is 11.5 Å². The Bertz CT molecular complexity index is 791. The molecule has 1 aliphatic carbocycles. The molecule has 9 heteroatoms. The van der Waals surface area contributed by atoms with E-state index >= 15 is 0 Å². The molecule has 0 radical (unpaired) electrons. The number of hydrogen-bond acceptors (Lipinski definition) is 7. The molecule has 1 atom stereocenters. The highest BCUT2D eigenvalue weighted by Crippen LogP contribution is 2.37. The van der Waals surface area contributed by atoms with E-state index in [1.54, 1.807) is 24.4 Å². The van der Waals surface area contributed by atoms with E-state index in [1.165, 1.54) is 19.3 Å². The average molecular weight is 330 g/mol. The predicted molar refractivity (Wildman–Crippen MR) is 85.9 cm³/mol. The largest absolute Gasteiger partial charge is 0.341 e. The number of thioether (sulfide) groups is 1. The van der Waals surface area contributed by atoms with Gasteiger partial charge >= 0.3 is 0 Å². The van der Waals surface area contributed by atoms with Gasteiger partial charge in [-0.05, 0) is 30.2 Å². The van der Waals surface area contributed by atoms with Gasteiger partial charge in [0.1, 0.15) is 16.9 Å². The normalized spacial score (nSPS) is 17.6. The van der Waals surface area contributed by atoms with Crippen LogP contribution in [-0.2, 0) is 0 Å². The van der Waals surface area contributed by atoms with Crippen LogP contribution in [0.5, 0.6) is 0 Å². The SMILES string of the molecule is C[C@H](Sc1ncnc2nc[nH]c12)c1nnnn1C1CCCCC1. The van der Waals surface area contributed by atoms with Gasteiger partial charge in [-0.25, -0.2) is 19.6 Å². The molecular weight excluding hydrogens is 312 g/mol. The molecule has 1 N–H and O–H groups in total. The van der Waals surface area contributed by atoms with Crippen LogP contribution >= 0.6 is 11.8 Å². The summed E-state index contributed by atoms with van der Waals surface area (Å²) in [6.45, 7) is 2.11. The Morgan fingerprint density at radius 1 is 1.22 bits per heavy atom. The Morgan fingerprint density at radius 3 is 2.96 bits per heavy atom. The third kappa shape index (κ3) is 2.80. The molecule has 0 bridgehead atoms. The summed E-state index contributed by atoms with van der Waals surface area (Å²) in [6.07, 6.45) is 9.33. The molecule has 3 aromatic heterocycles. The van der Waals surface area contributed by atoms with Gasteiger partial charge in [-0.3, -0.25) is 0 Å². The van der Waals surface area contributed by atoms with Crippen molar-refractivity contribution in [2.24, 2.45) is 0 Å². The third-order valence-electron chi connectivity index (χ3n) is 4.28. The van der Waals surface area contributed by atoms with Crippen LogP contribution in [0.4, 0.5) is 0 Å². The monoisotopic (exact) mass is 330 g/mol. The van der Waals surface area contributed by atoms with Crippen molar-refractivity contribution in [1.29, 1.82) is 0 Å². The van der Waals surface area contributed by atoms with Crippen LogP contribution in [0.15, 0.2) is 17.7 Å². The number of aromatic nitrogens is 8. The van der Waals surface area contributed by atoms with Crippen molar-refractivity contribution >= 4 is 22.9 Å². The van der Waals surface area contributed by atoms with Crippen LogP contribution in [0, 0.1) is 0 Å². The fourth-order valence-corrected chi connectivity index (χ4v) is 4.08. The Labute approximate surface area is 137 Å². The molecule has 0 aromatic carbocycles. The molecule has 120 valence electrons. The molecule has 8 nitrogen and oxygen atoms in total. The summed E-state index contributed by atoms with van der Waals surface area (Å²) in [4.78, 5) is 15.8. The zero-order valence-corrected chi connectivity index (χ0v) is 13.7. The average Bonchev–Trinajstić information content (AvgIpc) is 3.25. The number of H-pyrrole nitrogens is 1. The van der Waals surface area contributed by atoms with E-state index in [0.29, 0.717) is 11.7 Å². The highest BCUT2D eigenvalue weighted by Gasteiger charge is 2.24. The smallest absolute Gasteiger partial charge is 0.181 e. The number of fused-ring (bicyclic) bond motifs is 1. The van der Waals surface area contributed by atoms with Crippen molar-refractivity contribution in [3.8, 4) is 0 Å². The van der Waals surface area contributed by atoms with Gasteiger partial charge in [0.2, 0.25) is 0 Å². The lowest BCUT2D eigenvalue weighted by molar-refractivity contribution is 0.317. The van der Waals surface area contributed by atoms with Gasteiger partial charge in [0, 0.05) is 0 Å². The first kappa shape index (κ1) is 14.6. The zero-order chi connectivity index (χ0) is 15.6. The maximum absolute atomic E-state index is 4.37. The number of nitrogens with zero attached hydrogens (tertiary/aromatic N) is 7. The fraction of sp³-hybridized carbons (Fsp3) is 0.571. The van der Waals surface area contributed by atoms with E-state index < -0.39 is 0 Å². The number of hydrogen-bond donors (Lipinski definition) is 1. The maximum atomic E-state index is 4.37. The summed E-state index contributed by atoms with van der Waals surface area (Å²) in [5.41, 5.74) is 1.54. The summed E-state index contributed by atoms with van der Waals surface area (Å²) in [5.74, 6) is 0.910. The van der Waals surface area contributed by atoms with Gasteiger partial charge in [0.25, 0.3) is 0 Å². The van der Waals surface area contributed by atoms with E-state index in [2.05, 4.69) is 42.4 Å². The number of nitrogens with one attached hydrogen (secondary N) is 1. The topological polar surface area (TPSA) is 98.1 Å². The molecule has 0 amide bonds. The molecular formula is C14H18N8S. The quantitative estimate of drug-likeness (QED) is 0.580. The van der Waals surface area contributed by atoms with Crippen LogP contribution in [0.1, 0.15) is 56.1 Å². The number of tetrazole rings is 1. The fourth-order valence-electron chi connectivity index (χ4n) is 3.11. The minimum Gasteiger partial charge on any atom is -0.341 e. The molecule has 23 heavy (non-hydrogen) atoms. The highest BCUT2D eigenvalue weighted by molar-refractivity contribution is 7.99. The van der Waals surface area contributed by atoms with Crippen LogP contribution in [0.2, 0.25) is 0 Å². The first-order valence-electron chi connectivity index (χ1n) is 7.91. The van der Waals surface area contributed by atoms with Gasteiger partial charge in [-0.15, -0.1) is 5.10 Å². The second-order valence-electron chi connectivity index (χ2n) is 5.81. The lowest BCUT2D eigenvalue weighted by Crippen LogP contribution is -2.17. The van der Waals surface area contributed by atoms with Gasteiger partial charge in [-0.2, -0.15) is 0 Å². The van der Waals surface area contributed by atoms with Crippen molar-refractivity contribution < 1.29 is 0 Å². The summed E-state index contributed by atoms with van der Waals surface area (Å²) in [6, 6.07) is 0.425. The summed E-state index contributed by atoms with van der Waals surface area (Å²) >= 11 is 1.63. The second-order valence-corrected chi connectivity index (χ2v) is 7.14. The molecule has 1 fully saturated rings. The molecule has 1 saturated carbocycles. The number of rotatable bonds is 4. The van der Waals surface area contributed by atoms with Gasteiger partial charge in [0.05, 0.1) is 17.6 Å². The molecule has 0 unspecified atom stereocenters. The first-order chi connectivity index (χ1) is 11.3. The van der Waals surface area contributed by atoms with Crippen LogP contribution in [0.25, 0.3) is 11.2 Å². The number of imidazole rings is 1. The van der Waals surface area contributed by atoms with Crippen LogP contribution < -0.4 is 0 Å². The standard InChI is InChI=1S/C14H18N8S/c1-9(23-14-11-12(16-7-15-11)17-8-18-14)13-19-20-21-22(13)10-5-3-2-4-6-10/h7-10H,2-6H2,1H3,(H,15,16,17,18)/t9-/m0/s1. The Kier molecular flexibility index (Phi) is 3.94. The van der Waals surface area contributed by atoms with Gasteiger partial charge < -0.3 is 4.98 Å². The van der Waals surface area contributed by atoms with E-state index in [4.69, 9.17) is 0 Å². The lowest BCUT2D eigenvalue weighted by Gasteiger charge is -2.23. The van der Waals surface area contributed by atoms with Crippen molar-refractivity contribution in [2.45, 2.75) is 55.3 Å². The second kappa shape index (κ2) is 6.23. The molecule has 3 heterocycles. The van der Waals surface area contributed by atoms with Crippen molar-refractivity contribution in [3.05, 3.63) is 18.5 Å². The summed E-state index contributed by atoms with van der Waals surface area (Å²) < 4.78 is 2.02. The number of aromatic amines is 1. The highest BCUT2D eigenvalue weighted by atomic mass is 32.2. The van der Waals surface area contributed by atoms with Crippen LogP contribution in [-0.4, -0.2) is 40.1 Å². The van der Waals surface area contributed by atoms with E-state index in [-0.39, 0.29) is 5.25 Å². The molecule has 0 saturated heterocycles. The van der Waals surface area contributed by atoms with Crippen LogP contribution in [0.3, 0.4) is 0 Å². The van der Waals surface area contributed by atoms with Crippen molar-refractivity contribution in [3.63, 3.8) is 0 Å². The maximum Gasteiger partial charge on any atom is 0.181 e. The molecule has 1 aliphatic rings. The van der Waals surface area contributed by atoms with E-state index in [1.807, 2.05) is 4.68 Å². The third-order valence-corrected chi connectivity index (χ3v) is 5.38. The minimum atomic E-state index is 0.105. The zero-order valence-electron chi connectivity index (χ0n) is 12.9. The summed E-state index contributed by atoms with van der Waals surface area (Å²) in [5, 5.41) is 13.4. The van der Waals surface area contributed by atoms with Gasteiger partial charge in [-0.1, -0.05) is 31.0 Å². The Morgan fingerprint density at radius 2 is 2.09 bits per heavy atom. The predicted octanol–water partition coefficient (Wildman–Crippen LogP) is 2.70. The molecule has 0 spiro atoms. The lowest BCUT2D eigenvalue weighted by atomic mass is 9.95. The molecule has 3 aromatic rings.